The number of fused-ring (bicyclic) bond motifs is 2. The number of imidazole rings is 1. The largest absolute Gasteiger partial charge is 0.392 e. The molecule has 9 nitrogen and oxygen atoms in total. The van der Waals surface area contributed by atoms with Crippen LogP contribution in [-0.4, -0.2) is 82.1 Å². The monoisotopic (exact) mass is 608 g/mol. The zero-order chi connectivity index (χ0) is 28.8. The van der Waals surface area contributed by atoms with Crippen LogP contribution in [0.5, 0.6) is 0 Å². The van der Waals surface area contributed by atoms with Crippen molar-refractivity contribution in [2.24, 2.45) is 0 Å². The minimum absolute atomic E-state index is 0.250. The van der Waals surface area contributed by atoms with Gasteiger partial charge in [-0.15, -0.1) is 0 Å². The summed E-state index contributed by atoms with van der Waals surface area (Å²) in [6, 6.07) is 12.9. The Balaban J connectivity index is 1.10. The number of aryl methyl sites for hydroxylation is 2. The second-order valence-corrected chi connectivity index (χ2v) is 14.5. The van der Waals surface area contributed by atoms with Crippen molar-refractivity contribution < 1.29 is 17.9 Å². The van der Waals surface area contributed by atoms with E-state index < -0.39 is 10.0 Å². The van der Waals surface area contributed by atoms with E-state index in [4.69, 9.17) is 0 Å². The van der Waals surface area contributed by atoms with Crippen LogP contribution < -0.4 is 4.90 Å². The Morgan fingerprint density at radius 2 is 1.90 bits per heavy atom. The van der Waals surface area contributed by atoms with Gasteiger partial charge in [0.05, 0.1) is 30.5 Å². The molecule has 5 heterocycles. The fourth-order valence-electron chi connectivity index (χ4n) is 6.46. The molecule has 1 N–H and O–H groups in total. The van der Waals surface area contributed by atoms with E-state index in [1.807, 2.05) is 18.3 Å². The Morgan fingerprint density at radius 3 is 2.76 bits per heavy atom. The van der Waals surface area contributed by atoms with Crippen molar-refractivity contribution in [1.82, 2.24) is 23.7 Å². The van der Waals surface area contributed by atoms with Crippen molar-refractivity contribution >= 4 is 26.5 Å². The molecule has 4 aromatic rings. The molecule has 3 aliphatic heterocycles. The fraction of sp³-hybridized carbons (Fsp3) is 0.400. The average molecular weight is 609 g/mol. The topological polar surface area (TPSA) is 94.8 Å². The second kappa shape index (κ2) is 11.2. The quantitative estimate of drug-likeness (QED) is 0.344. The lowest BCUT2D eigenvalue weighted by atomic mass is 9.94. The number of aliphatic hydroxyl groups is 1. The van der Waals surface area contributed by atoms with Crippen molar-refractivity contribution in [3.05, 3.63) is 83.7 Å². The first kappa shape index (κ1) is 27.7. The van der Waals surface area contributed by atoms with Crippen molar-refractivity contribution in [3.63, 3.8) is 0 Å². The number of nitrogens with zero attached hydrogens (tertiary/aromatic N) is 6. The Bertz CT molecular complexity index is 1690. The molecule has 0 radical (unpaired) electrons. The third-order valence-electron chi connectivity index (χ3n) is 8.71. The van der Waals surface area contributed by atoms with Gasteiger partial charge in [-0.3, -0.25) is 4.90 Å². The number of rotatable bonds is 7. The molecular weight excluding hydrogens is 576 g/mol. The predicted molar refractivity (Wildman–Crippen MR) is 159 cm³/mol. The normalized spacial score (nSPS) is 21.4. The van der Waals surface area contributed by atoms with Crippen molar-refractivity contribution in [2.45, 2.75) is 48.7 Å². The highest BCUT2D eigenvalue weighted by atomic mass is 32.2. The first-order chi connectivity index (χ1) is 20.3. The Morgan fingerprint density at radius 1 is 1.05 bits per heavy atom. The molecule has 0 saturated carbocycles. The molecule has 42 heavy (non-hydrogen) atoms. The van der Waals surface area contributed by atoms with Gasteiger partial charge in [0.2, 0.25) is 0 Å². The van der Waals surface area contributed by atoms with Crippen molar-refractivity contribution in [1.29, 1.82) is 0 Å². The molecule has 0 aliphatic carbocycles. The summed E-state index contributed by atoms with van der Waals surface area (Å²) >= 11 is 1.23. The Labute approximate surface area is 248 Å². The summed E-state index contributed by atoms with van der Waals surface area (Å²) in [6.45, 7) is 4.44. The minimum Gasteiger partial charge on any atom is -0.392 e. The van der Waals surface area contributed by atoms with Crippen LogP contribution in [0.2, 0.25) is 0 Å². The van der Waals surface area contributed by atoms with Gasteiger partial charge in [-0.05, 0) is 48.1 Å². The Hall–Kier alpha value is -3.16. The third kappa shape index (κ3) is 5.26. The summed E-state index contributed by atoms with van der Waals surface area (Å²) < 4.78 is 45.0. The minimum atomic E-state index is -3.74. The molecule has 2 atom stereocenters. The van der Waals surface area contributed by atoms with Crippen LogP contribution in [-0.2, 0) is 36.0 Å². The number of halogens is 1. The van der Waals surface area contributed by atoms with Gasteiger partial charge in [0.1, 0.15) is 5.82 Å². The number of hydrogen-bond donors (Lipinski definition) is 1. The summed E-state index contributed by atoms with van der Waals surface area (Å²) in [5.41, 5.74) is 5.09. The van der Waals surface area contributed by atoms with E-state index in [-0.39, 0.29) is 28.7 Å². The van der Waals surface area contributed by atoms with Gasteiger partial charge in [0, 0.05) is 57.4 Å². The molecule has 7 rings (SSSR count). The molecule has 2 aromatic carbocycles. The van der Waals surface area contributed by atoms with Crippen LogP contribution in [0.25, 0.3) is 11.3 Å². The van der Waals surface area contributed by atoms with Crippen LogP contribution in [0.3, 0.4) is 0 Å². The van der Waals surface area contributed by atoms with E-state index >= 15 is 0 Å². The molecule has 0 spiro atoms. The lowest BCUT2D eigenvalue weighted by Gasteiger charge is -2.37. The van der Waals surface area contributed by atoms with E-state index in [0.717, 1.165) is 65.6 Å². The molecule has 220 valence electrons. The first-order valence-corrected chi connectivity index (χ1v) is 16.6. The zero-order valence-corrected chi connectivity index (χ0v) is 24.8. The van der Waals surface area contributed by atoms with Crippen molar-refractivity contribution in [2.75, 3.05) is 37.6 Å². The molecule has 2 saturated heterocycles. The summed E-state index contributed by atoms with van der Waals surface area (Å²) in [4.78, 5) is 13.4. The number of thiazole rings is 1. The standard InChI is InChI=1S/C30H33FN6O3S2/c31-23-6-4-21(5-7-23)8-10-36-20-32-15-28(36)26-3-1-2-22-9-11-37(19-27(22)26)42(39,40)29-16-33-30(41-29)35-13-12-34-18-25(38)14-24(34)17-35/h1-7,15-16,20,24-25,38H,8-14,17-19H2/t24?,25-/m1/s1. The van der Waals surface area contributed by atoms with E-state index in [2.05, 4.69) is 30.4 Å². The molecule has 0 bridgehead atoms. The van der Waals surface area contributed by atoms with Gasteiger partial charge in [0.15, 0.2) is 9.34 Å². The summed E-state index contributed by atoms with van der Waals surface area (Å²) in [5.74, 6) is -0.250. The van der Waals surface area contributed by atoms with E-state index in [9.17, 15) is 17.9 Å². The van der Waals surface area contributed by atoms with Crippen LogP contribution in [0.1, 0.15) is 23.1 Å². The smallest absolute Gasteiger partial charge is 0.254 e. The van der Waals surface area contributed by atoms with Crippen molar-refractivity contribution in [3.8, 4) is 11.3 Å². The SMILES string of the molecule is O=S(=O)(c1cnc(N2CCN3C[C@H](O)CC3C2)s1)N1CCc2cccc(-c3cncn3CCc3ccc(F)cc3)c2C1. The highest BCUT2D eigenvalue weighted by molar-refractivity contribution is 7.91. The highest BCUT2D eigenvalue weighted by Crippen LogP contribution is 2.36. The number of benzene rings is 2. The highest BCUT2D eigenvalue weighted by Gasteiger charge is 2.37. The molecular formula is C30H33FN6O3S2. The van der Waals surface area contributed by atoms with Gasteiger partial charge in [-0.1, -0.05) is 41.7 Å². The maximum absolute atomic E-state index is 13.9. The first-order valence-electron chi connectivity index (χ1n) is 14.3. The predicted octanol–water partition coefficient (Wildman–Crippen LogP) is 3.39. The zero-order valence-electron chi connectivity index (χ0n) is 23.1. The third-order valence-corrected chi connectivity index (χ3v) is 12.1. The van der Waals surface area contributed by atoms with Gasteiger partial charge >= 0.3 is 0 Å². The molecule has 1 unspecified atom stereocenters. The number of sulfonamides is 1. The molecule has 12 heteroatoms. The lowest BCUT2D eigenvalue weighted by molar-refractivity contribution is 0.173. The summed E-state index contributed by atoms with van der Waals surface area (Å²) in [5, 5.41) is 10.8. The Kier molecular flexibility index (Phi) is 7.35. The molecule has 3 aliphatic rings. The van der Waals surface area contributed by atoms with E-state index in [1.54, 1.807) is 22.8 Å². The molecule has 0 amide bonds. The van der Waals surface area contributed by atoms with E-state index in [0.29, 0.717) is 26.1 Å². The summed E-state index contributed by atoms with van der Waals surface area (Å²) in [7, 11) is -3.74. The second-order valence-electron chi connectivity index (χ2n) is 11.3. The number of hydrogen-bond acceptors (Lipinski definition) is 8. The van der Waals surface area contributed by atoms with Gasteiger partial charge in [0.25, 0.3) is 10.0 Å². The van der Waals surface area contributed by atoms with Gasteiger partial charge in [-0.25, -0.2) is 22.8 Å². The number of anilines is 1. The maximum atomic E-state index is 13.9. The summed E-state index contributed by atoms with van der Waals surface area (Å²) in [6.07, 6.45) is 6.92. The lowest BCUT2D eigenvalue weighted by Crippen LogP contribution is -2.50. The molecule has 2 aromatic heterocycles. The van der Waals surface area contributed by atoms with Gasteiger partial charge in [-0.2, -0.15) is 4.31 Å². The average Bonchev–Trinajstić information content (AvgIpc) is 3.75. The van der Waals surface area contributed by atoms with Crippen LogP contribution in [0, 0.1) is 5.82 Å². The van der Waals surface area contributed by atoms with Crippen LogP contribution in [0.15, 0.2) is 65.4 Å². The number of aliphatic hydroxyl groups excluding tert-OH is 1. The fourth-order valence-corrected chi connectivity index (χ4v) is 9.18. The van der Waals surface area contributed by atoms with Crippen LogP contribution >= 0.6 is 11.3 Å². The van der Waals surface area contributed by atoms with Crippen LogP contribution in [0.4, 0.5) is 9.52 Å². The van der Waals surface area contributed by atoms with Gasteiger partial charge < -0.3 is 14.6 Å². The number of piperazine rings is 1. The number of aromatic nitrogens is 3. The molecule has 2 fully saturated rings. The maximum Gasteiger partial charge on any atom is 0.254 e. The van der Waals surface area contributed by atoms with E-state index in [1.165, 1.54) is 29.7 Å².